The van der Waals surface area contributed by atoms with E-state index < -0.39 is 0 Å². The standard InChI is InChI=1S/C17H15N3O/c1-20-13-5-3-2-4-12(13)16-14(20)7-6-11(17(16)21)10-15-18-8-9-19-15/h2-5,8-10H,6-7H2,1H3,(H,18,19)/b11-10-. The van der Waals surface area contributed by atoms with Crippen LogP contribution < -0.4 is 0 Å². The number of carbonyl (C=O) groups is 1. The number of hydrogen-bond acceptors (Lipinski definition) is 2. The molecule has 0 atom stereocenters. The third-order valence-electron chi connectivity index (χ3n) is 4.21. The van der Waals surface area contributed by atoms with Gasteiger partial charge < -0.3 is 9.55 Å². The maximum absolute atomic E-state index is 12.8. The van der Waals surface area contributed by atoms with Crippen LogP contribution in [0.25, 0.3) is 17.0 Å². The number of allylic oxidation sites excluding steroid dienone is 1. The fourth-order valence-corrected chi connectivity index (χ4v) is 3.18. The number of nitrogens with zero attached hydrogens (tertiary/aromatic N) is 2. The summed E-state index contributed by atoms with van der Waals surface area (Å²) in [6.45, 7) is 0. The molecule has 0 aliphatic heterocycles. The van der Waals surface area contributed by atoms with E-state index in [9.17, 15) is 4.79 Å². The molecule has 0 saturated heterocycles. The highest BCUT2D eigenvalue weighted by atomic mass is 16.1. The highest BCUT2D eigenvalue weighted by Crippen LogP contribution is 2.33. The van der Waals surface area contributed by atoms with Crippen LogP contribution in [-0.4, -0.2) is 20.3 Å². The van der Waals surface area contributed by atoms with Crippen LogP contribution in [0.4, 0.5) is 0 Å². The Balaban J connectivity index is 1.90. The maximum atomic E-state index is 12.8. The lowest BCUT2D eigenvalue weighted by atomic mass is 9.89. The summed E-state index contributed by atoms with van der Waals surface area (Å²) in [4.78, 5) is 20.1. The van der Waals surface area contributed by atoms with E-state index >= 15 is 0 Å². The van der Waals surface area contributed by atoms with Gasteiger partial charge in [-0.1, -0.05) is 18.2 Å². The summed E-state index contributed by atoms with van der Waals surface area (Å²) in [7, 11) is 2.04. The van der Waals surface area contributed by atoms with Crippen LogP contribution in [0.1, 0.15) is 28.3 Å². The number of imidazole rings is 1. The fourth-order valence-electron chi connectivity index (χ4n) is 3.18. The first-order chi connectivity index (χ1) is 10.3. The number of carbonyl (C=O) groups excluding carboxylic acids is 1. The number of rotatable bonds is 1. The molecule has 0 unspecified atom stereocenters. The molecule has 4 heteroatoms. The van der Waals surface area contributed by atoms with Gasteiger partial charge in [0.15, 0.2) is 5.78 Å². The number of aryl methyl sites for hydroxylation is 1. The number of fused-ring (bicyclic) bond motifs is 3. The highest BCUT2D eigenvalue weighted by Gasteiger charge is 2.27. The zero-order valence-electron chi connectivity index (χ0n) is 11.8. The molecule has 0 bridgehead atoms. The SMILES string of the molecule is Cn1c2c(c3ccccc31)C(=O)/C(=C\c1ncc[nH]1)CC2. The molecule has 2 heterocycles. The van der Waals surface area contributed by atoms with Crippen molar-refractivity contribution in [1.82, 2.24) is 14.5 Å². The number of aromatic nitrogens is 3. The quantitative estimate of drug-likeness (QED) is 0.695. The van der Waals surface area contributed by atoms with Crippen molar-refractivity contribution >= 4 is 22.8 Å². The van der Waals surface area contributed by atoms with Crippen LogP contribution >= 0.6 is 0 Å². The van der Waals surface area contributed by atoms with Gasteiger partial charge in [-0.2, -0.15) is 0 Å². The molecule has 1 aliphatic rings. The van der Waals surface area contributed by atoms with Gasteiger partial charge in [0.2, 0.25) is 0 Å². The lowest BCUT2D eigenvalue weighted by molar-refractivity contribution is 0.102. The minimum Gasteiger partial charge on any atom is -0.347 e. The molecule has 0 fully saturated rings. The zero-order valence-corrected chi connectivity index (χ0v) is 11.8. The van der Waals surface area contributed by atoms with E-state index in [2.05, 4.69) is 20.6 Å². The van der Waals surface area contributed by atoms with Crippen molar-refractivity contribution in [2.45, 2.75) is 12.8 Å². The summed E-state index contributed by atoms with van der Waals surface area (Å²) in [5.41, 5.74) is 3.94. The van der Waals surface area contributed by atoms with Crippen LogP contribution in [0.5, 0.6) is 0 Å². The molecule has 21 heavy (non-hydrogen) atoms. The van der Waals surface area contributed by atoms with Crippen molar-refractivity contribution in [3.8, 4) is 0 Å². The predicted molar refractivity (Wildman–Crippen MR) is 82.1 cm³/mol. The van der Waals surface area contributed by atoms with Gasteiger partial charge in [0, 0.05) is 41.6 Å². The molecule has 1 N–H and O–H groups in total. The molecule has 0 radical (unpaired) electrons. The van der Waals surface area contributed by atoms with E-state index in [-0.39, 0.29) is 5.78 Å². The average molecular weight is 277 g/mol. The van der Waals surface area contributed by atoms with E-state index in [1.807, 2.05) is 31.3 Å². The molecular weight excluding hydrogens is 262 g/mol. The van der Waals surface area contributed by atoms with Gasteiger partial charge in [0.25, 0.3) is 0 Å². The van der Waals surface area contributed by atoms with Crippen LogP contribution in [0.2, 0.25) is 0 Å². The molecule has 1 aliphatic carbocycles. The number of Topliss-reactive ketones (excluding diaryl/α,β-unsaturated/α-hetero) is 1. The molecule has 0 saturated carbocycles. The minimum absolute atomic E-state index is 0.129. The number of nitrogens with one attached hydrogen (secondary N) is 1. The second-order valence-electron chi connectivity index (χ2n) is 5.37. The molecule has 4 nitrogen and oxygen atoms in total. The molecular formula is C17H15N3O. The Hall–Kier alpha value is -2.62. The Morgan fingerprint density at radius 3 is 2.95 bits per heavy atom. The number of para-hydroxylation sites is 1. The van der Waals surface area contributed by atoms with Crippen molar-refractivity contribution in [2.75, 3.05) is 0 Å². The summed E-state index contributed by atoms with van der Waals surface area (Å²) < 4.78 is 2.15. The highest BCUT2D eigenvalue weighted by molar-refractivity contribution is 6.19. The Kier molecular flexibility index (Phi) is 2.57. The second kappa shape index (κ2) is 4.45. The van der Waals surface area contributed by atoms with Gasteiger partial charge >= 0.3 is 0 Å². The Labute approximate surface area is 122 Å². The molecule has 0 amide bonds. The van der Waals surface area contributed by atoms with Gasteiger partial charge in [0.05, 0.1) is 5.56 Å². The van der Waals surface area contributed by atoms with Gasteiger partial charge in [-0.05, 0) is 25.0 Å². The summed E-state index contributed by atoms with van der Waals surface area (Å²) in [6, 6.07) is 8.09. The van der Waals surface area contributed by atoms with Crippen LogP contribution in [0.3, 0.4) is 0 Å². The van der Waals surface area contributed by atoms with Crippen molar-refractivity contribution in [3.63, 3.8) is 0 Å². The van der Waals surface area contributed by atoms with E-state index in [0.29, 0.717) is 0 Å². The van der Waals surface area contributed by atoms with Crippen molar-refractivity contribution in [1.29, 1.82) is 0 Å². The lowest BCUT2D eigenvalue weighted by Crippen LogP contribution is -2.15. The molecule has 1 aromatic carbocycles. The first-order valence-corrected chi connectivity index (χ1v) is 7.06. The summed E-state index contributed by atoms with van der Waals surface area (Å²) in [5.74, 6) is 0.867. The number of H-pyrrole nitrogens is 1. The Morgan fingerprint density at radius 2 is 2.14 bits per heavy atom. The largest absolute Gasteiger partial charge is 0.347 e. The molecule has 0 spiro atoms. The maximum Gasteiger partial charge on any atom is 0.191 e. The smallest absolute Gasteiger partial charge is 0.191 e. The topological polar surface area (TPSA) is 50.7 Å². The zero-order chi connectivity index (χ0) is 14.4. The Bertz CT molecular complexity index is 869. The van der Waals surface area contributed by atoms with Gasteiger partial charge in [-0.15, -0.1) is 0 Å². The van der Waals surface area contributed by atoms with E-state index in [0.717, 1.165) is 46.4 Å². The van der Waals surface area contributed by atoms with Gasteiger partial charge in [-0.25, -0.2) is 4.98 Å². The van der Waals surface area contributed by atoms with Crippen molar-refractivity contribution in [2.24, 2.45) is 7.05 Å². The number of ketones is 1. The molecule has 104 valence electrons. The number of benzene rings is 1. The monoisotopic (exact) mass is 277 g/mol. The fraction of sp³-hybridized carbons (Fsp3) is 0.176. The number of aromatic amines is 1. The van der Waals surface area contributed by atoms with Crippen molar-refractivity contribution < 1.29 is 4.79 Å². The number of hydrogen-bond donors (Lipinski definition) is 1. The van der Waals surface area contributed by atoms with Gasteiger partial charge in [0.1, 0.15) is 5.82 Å². The summed E-state index contributed by atoms with van der Waals surface area (Å²) in [5, 5.41) is 1.05. The van der Waals surface area contributed by atoms with Crippen LogP contribution in [0, 0.1) is 0 Å². The summed E-state index contributed by atoms with van der Waals surface area (Å²) >= 11 is 0. The lowest BCUT2D eigenvalue weighted by Gasteiger charge is -2.15. The third-order valence-corrected chi connectivity index (χ3v) is 4.21. The first-order valence-electron chi connectivity index (χ1n) is 7.06. The van der Waals surface area contributed by atoms with Crippen molar-refractivity contribution in [3.05, 3.63) is 59.3 Å². The third kappa shape index (κ3) is 1.76. The van der Waals surface area contributed by atoms with E-state index in [4.69, 9.17) is 0 Å². The molecule has 2 aromatic heterocycles. The van der Waals surface area contributed by atoms with Crippen LogP contribution in [-0.2, 0) is 13.5 Å². The van der Waals surface area contributed by atoms with E-state index in [1.165, 1.54) is 0 Å². The predicted octanol–water partition coefficient (Wildman–Crippen LogP) is 3.11. The molecule has 4 rings (SSSR count). The second-order valence-corrected chi connectivity index (χ2v) is 5.37. The Morgan fingerprint density at radius 1 is 1.29 bits per heavy atom. The van der Waals surface area contributed by atoms with Crippen LogP contribution in [0.15, 0.2) is 42.2 Å². The van der Waals surface area contributed by atoms with E-state index in [1.54, 1.807) is 12.4 Å². The average Bonchev–Trinajstić information content (AvgIpc) is 3.10. The normalized spacial score (nSPS) is 16.6. The molecule has 3 aromatic rings. The summed E-state index contributed by atoms with van der Waals surface area (Å²) in [6.07, 6.45) is 6.98. The first kappa shape index (κ1) is 12.1. The van der Waals surface area contributed by atoms with Gasteiger partial charge in [-0.3, -0.25) is 4.79 Å². The minimum atomic E-state index is 0.129.